The van der Waals surface area contributed by atoms with Gasteiger partial charge in [0.05, 0.1) is 18.8 Å². The predicted molar refractivity (Wildman–Crippen MR) is 98.8 cm³/mol. The first-order chi connectivity index (χ1) is 11.6. The summed E-state index contributed by atoms with van der Waals surface area (Å²) in [4.78, 5) is 0. The average Bonchev–Trinajstić information content (AvgIpc) is 3.17. The van der Waals surface area contributed by atoms with Crippen molar-refractivity contribution >= 4 is 23.1 Å². The van der Waals surface area contributed by atoms with Gasteiger partial charge in [0.2, 0.25) is 0 Å². The van der Waals surface area contributed by atoms with Crippen LogP contribution in [0.15, 0.2) is 48.8 Å². The summed E-state index contributed by atoms with van der Waals surface area (Å²) in [5.74, 6) is 0.724. The van der Waals surface area contributed by atoms with Gasteiger partial charge in [-0.1, -0.05) is 24.3 Å². The number of anilines is 1. The molecule has 0 radical (unpaired) electrons. The van der Waals surface area contributed by atoms with E-state index in [1.165, 1.54) is 11.1 Å². The highest BCUT2D eigenvalue weighted by molar-refractivity contribution is 7.80. The number of aryl methyl sites for hydroxylation is 2. The molecule has 2 aromatic heterocycles. The molecule has 0 aliphatic carbocycles. The van der Waals surface area contributed by atoms with Gasteiger partial charge < -0.3 is 10.6 Å². The van der Waals surface area contributed by atoms with Gasteiger partial charge in [-0.05, 0) is 36.3 Å². The molecule has 0 spiro atoms. The van der Waals surface area contributed by atoms with Crippen LogP contribution < -0.4 is 10.6 Å². The van der Waals surface area contributed by atoms with E-state index in [1.807, 2.05) is 48.4 Å². The molecule has 3 rings (SSSR count). The maximum absolute atomic E-state index is 5.30. The van der Waals surface area contributed by atoms with Gasteiger partial charge in [0.25, 0.3) is 0 Å². The van der Waals surface area contributed by atoms with Crippen molar-refractivity contribution in [3.63, 3.8) is 0 Å². The zero-order valence-electron chi connectivity index (χ0n) is 13.7. The number of nitrogens with zero attached hydrogens (tertiary/aromatic N) is 4. The first kappa shape index (κ1) is 16.2. The van der Waals surface area contributed by atoms with Crippen LogP contribution in [0.1, 0.15) is 16.8 Å². The summed E-state index contributed by atoms with van der Waals surface area (Å²) >= 11 is 5.30. The van der Waals surface area contributed by atoms with Gasteiger partial charge in [0, 0.05) is 25.5 Å². The van der Waals surface area contributed by atoms with Crippen LogP contribution in [0.3, 0.4) is 0 Å². The Morgan fingerprint density at radius 1 is 1.12 bits per heavy atom. The standard InChI is InChI=1S/C17H20N6S/c1-13-5-3-4-6-14(13)12-23-10-8-16(21-23)19-17(24)18-11-15-7-9-22(2)20-15/h3-10H,11-12H2,1-2H3,(H2,18,19,21,24). The van der Waals surface area contributed by atoms with E-state index in [4.69, 9.17) is 12.2 Å². The van der Waals surface area contributed by atoms with Crippen LogP contribution >= 0.6 is 12.2 Å². The lowest BCUT2D eigenvalue weighted by Crippen LogP contribution is -2.28. The molecule has 124 valence electrons. The summed E-state index contributed by atoms with van der Waals surface area (Å²) in [7, 11) is 1.89. The average molecular weight is 340 g/mol. The quantitative estimate of drug-likeness (QED) is 0.699. The molecule has 0 atom stereocenters. The van der Waals surface area contributed by atoms with Gasteiger partial charge in [-0.2, -0.15) is 10.2 Å². The summed E-state index contributed by atoms with van der Waals surface area (Å²) in [6, 6.07) is 12.2. The monoisotopic (exact) mass is 340 g/mol. The van der Waals surface area contributed by atoms with Crippen molar-refractivity contribution in [3.05, 3.63) is 65.6 Å². The van der Waals surface area contributed by atoms with E-state index in [0.717, 1.165) is 18.1 Å². The Morgan fingerprint density at radius 3 is 2.71 bits per heavy atom. The molecule has 0 saturated carbocycles. The topological polar surface area (TPSA) is 59.7 Å². The fraction of sp³-hybridized carbons (Fsp3) is 0.235. The summed E-state index contributed by atoms with van der Waals surface area (Å²) < 4.78 is 3.66. The maximum atomic E-state index is 5.30. The molecule has 24 heavy (non-hydrogen) atoms. The number of rotatable bonds is 5. The van der Waals surface area contributed by atoms with E-state index in [1.54, 1.807) is 4.68 Å². The Bertz CT molecular complexity index is 835. The molecule has 7 heteroatoms. The third kappa shape index (κ3) is 4.20. The minimum Gasteiger partial charge on any atom is -0.357 e. The van der Waals surface area contributed by atoms with Crippen LogP contribution in [0, 0.1) is 6.92 Å². The van der Waals surface area contributed by atoms with Crippen LogP contribution in [-0.4, -0.2) is 24.7 Å². The fourth-order valence-corrected chi connectivity index (χ4v) is 2.54. The van der Waals surface area contributed by atoms with Crippen LogP contribution in [0.25, 0.3) is 0 Å². The molecular formula is C17H20N6S. The Hall–Kier alpha value is -2.67. The lowest BCUT2D eigenvalue weighted by atomic mass is 10.1. The molecule has 0 aliphatic heterocycles. The summed E-state index contributed by atoms with van der Waals surface area (Å²) in [6.45, 7) is 3.42. The molecule has 0 amide bonds. The largest absolute Gasteiger partial charge is 0.357 e. The van der Waals surface area contributed by atoms with Crippen LogP contribution in [0.2, 0.25) is 0 Å². The fourth-order valence-electron chi connectivity index (χ4n) is 2.37. The predicted octanol–water partition coefficient (Wildman–Crippen LogP) is 2.46. The van der Waals surface area contributed by atoms with E-state index in [9.17, 15) is 0 Å². The van der Waals surface area contributed by atoms with Crippen molar-refractivity contribution < 1.29 is 0 Å². The lowest BCUT2D eigenvalue weighted by Gasteiger charge is -2.07. The Labute approximate surface area is 146 Å². The van der Waals surface area contributed by atoms with Crippen LogP contribution in [0.4, 0.5) is 5.82 Å². The number of thiocarbonyl (C=S) groups is 1. The highest BCUT2D eigenvalue weighted by Gasteiger charge is 2.04. The first-order valence-electron chi connectivity index (χ1n) is 7.71. The summed E-state index contributed by atoms with van der Waals surface area (Å²) in [5.41, 5.74) is 3.45. The van der Waals surface area contributed by atoms with Gasteiger partial charge >= 0.3 is 0 Å². The molecule has 3 aromatic rings. The highest BCUT2D eigenvalue weighted by Crippen LogP contribution is 2.10. The van der Waals surface area contributed by atoms with Crippen molar-refractivity contribution in [2.75, 3.05) is 5.32 Å². The van der Waals surface area contributed by atoms with E-state index >= 15 is 0 Å². The second-order valence-electron chi connectivity index (χ2n) is 5.61. The third-order valence-corrected chi connectivity index (χ3v) is 3.92. The third-order valence-electron chi connectivity index (χ3n) is 3.67. The zero-order valence-corrected chi connectivity index (χ0v) is 14.5. The molecule has 0 unspecified atom stereocenters. The Balaban J connectivity index is 1.53. The van der Waals surface area contributed by atoms with Gasteiger partial charge in [-0.15, -0.1) is 0 Å². The molecule has 0 bridgehead atoms. The molecule has 2 N–H and O–H groups in total. The highest BCUT2D eigenvalue weighted by atomic mass is 32.1. The number of hydrogen-bond acceptors (Lipinski definition) is 3. The van der Waals surface area contributed by atoms with Gasteiger partial charge in [-0.25, -0.2) is 0 Å². The van der Waals surface area contributed by atoms with Crippen molar-refractivity contribution in [3.8, 4) is 0 Å². The molecule has 6 nitrogen and oxygen atoms in total. The number of benzene rings is 1. The van der Waals surface area contributed by atoms with E-state index in [2.05, 4.69) is 39.9 Å². The van der Waals surface area contributed by atoms with Crippen LogP contribution in [0.5, 0.6) is 0 Å². The minimum absolute atomic E-state index is 0.529. The number of nitrogens with one attached hydrogen (secondary N) is 2. The summed E-state index contributed by atoms with van der Waals surface area (Å²) in [6.07, 6.45) is 3.84. The molecule has 0 fully saturated rings. The first-order valence-corrected chi connectivity index (χ1v) is 8.12. The number of aromatic nitrogens is 4. The van der Waals surface area contributed by atoms with E-state index in [0.29, 0.717) is 11.7 Å². The summed E-state index contributed by atoms with van der Waals surface area (Å²) in [5, 5.41) is 15.5. The van der Waals surface area contributed by atoms with Crippen LogP contribution in [-0.2, 0) is 20.1 Å². The second kappa shape index (κ2) is 7.27. The van der Waals surface area contributed by atoms with Crippen molar-refractivity contribution in [2.24, 2.45) is 7.05 Å². The second-order valence-corrected chi connectivity index (χ2v) is 6.02. The smallest absolute Gasteiger partial charge is 0.172 e. The Morgan fingerprint density at radius 2 is 1.96 bits per heavy atom. The van der Waals surface area contributed by atoms with Gasteiger partial charge in [-0.3, -0.25) is 9.36 Å². The molecule has 0 aliphatic rings. The van der Waals surface area contributed by atoms with Gasteiger partial charge in [0.15, 0.2) is 10.9 Å². The lowest BCUT2D eigenvalue weighted by molar-refractivity contribution is 0.687. The Kier molecular flexibility index (Phi) is 4.90. The van der Waals surface area contributed by atoms with Crippen molar-refractivity contribution in [2.45, 2.75) is 20.0 Å². The number of hydrogen-bond donors (Lipinski definition) is 2. The van der Waals surface area contributed by atoms with Gasteiger partial charge in [0.1, 0.15) is 0 Å². The van der Waals surface area contributed by atoms with E-state index in [-0.39, 0.29) is 0 Å². The van der Waals surface area contributed by atoms with E-state index < -0.39 is 0 Å². The molecular weight excluding hydrogens is 320 g/mol. The minimum atomic E-state index is 0.529. The molecule has 0 saturated heterocycles. The zero-order chi connectivity index (χ0) is 16.9. The SMILES string of the molecule is Cc1ccccc1Cn1ccc(NC(=S)NCc2ccn(C)n2)n1. The molecule has 2 heterocycles. The normalized spacial score (nSPS) is 10.6. The molecule has 1 aromatic carbocycles. The van der Waals surface area contributed by atoms with Crippen molar-refractivity contribution in [1.82, 2.24) is 24.9 Å². The van der Waals surface area contributed by atoms with Crippen molar-refractivity contribution in [1.29, 1.82) is 0 Å². The maximum Gasteiger partial charge on any atom is 0.172 e.